The molecule has 0 aromatic heterocycles. The maximum atomic E-state index is 10.2. The topological polar surface area (TPSA) is 49.4 Å². The summed E-state index contributed by atoms with van der Waals surface area (Å²) < 4.78 is 5.18. The van der Waals surface area contributed by atoms with E-state index in [4.69, 9.17) is 4.43 Å². The molecule has 1 atom stereocenters. The molecule has 5 heteroatoms. The number of rotatable bonds is 3. The Morgan fingerprint density at radius 2 is 1.82 bits per heavy atom. The van der Waals surface area contributed by atoms with Crippen LogP contribution in [-0.4, -0.2) is 20.4 Å². The Bertz CT molecular complexity index is 132. The van der Waals surface area contributed by atoms with Gasteiger partial charge in [0.05, 0.1) is 12.1 Å². The third-order valence-corrected chi connectivity index (χ3v) is 1.92. The summed E-state index contributed by atoms with van der Waals surface area (Å²) in [6.45, 7) is 7.30. The van der Waals surface area contributed by atoms with Gasteiger partial charge in [-0.2, -0.15) is 0 Å². The van der Waals surface area contributed by atoms with Crippen molar-refractivity contribution in [2.75, 3.05) is 0 Å². The van der Waals surface area contributed by atoms with Crippen molar-refractivity contribution >= 4 is 14.3 Å². The van der Waals surface area contributed by atoms with Crippen molar-refractivity contribution in [2.24, 2.45) is 0 Å². The first-order valence-electron chi connectivity index (χ1n) is 3.21. The van der Waals surface area contributed by atoms with Crippen LogP contribution in [0.2, 0.25) is 19.6 Å². The van der Waals surface area contributed by atoms with Gasteiger partial charge in [-0.1, -0.05) is 0 Å². The molecule has 11 heavy (non-hydrogen) atoms. The molecule has 0 aromatic rings. The molecule has 0 spiro atoms. The summed E-state index contributed by atoms with van der Waals surface area (Å²) in [5.41, 5.74) is 0. The first-order valence-corrected chi connectivity index (χ1v) is 6.62. The molecule has 0 saturated heterocycles. The van der Waals surface area contributed by atoms with E-state index in [0.29, 0.717) is 0 Å². The Morgan fingerprint density at radius 1 is 1.45 bits per heavy atom. The van der Waals surface area contributed by atoms with Gasteiger partial charge in [-0.05, 0) is 26.6 Å². The predicted octanol–water partition coefficient (Wildman–Crippen LogP) is -3.02. The van der Waals surface area contributed by atoms with Crippen LogP contribution in [0, 0.1) is 0 Å². The van der Waals surface area contributed by atoms with Gasteiger partial charge >= 0.3 is 29.6 Å². The van der Waals surface area contributed by atoms with Crippen LogP contribution in [-0.2, 0) is 9.22 Å². The van der Waals surface area contributed by atoms with Crippen molar-refractivity contribution in [2.45, 2.75) is 32.7 Å². The number of hydrogen-bond donors (Lipinski definition) is 0. The number of carbonyl (C=O) groups is 1. The molecule has 0 aromatic carbocycles. The minimum Gasteiger partial charge on any atom is -0.547 e. The van der Waals surface area contributed by atoms with E-state index >= 15 is 0 Å². The van der Waals surface area contributed by atoms with E-state index in [1.165, 1.54) is 6.92 Å². The summed E-state index contributed by atoms with van der Waals surface area (Å²) in [7, 11) is -1.70. The summed E-state index contributed by atoms with van der Waals surface area (Å²) in [6, 6.07) is 0. The molecular formula is C6H13NaO3Si. The number of carboxylic acids is 1. The molecule has 0 amide bonds. The largest absolute Gasteiger partial charge is 1.00 e. The number of hydrogen-bond acceptors (Lipinski definition) is 3. The van der Waals surface area contributed by atoms with E-state index in [2.05, 4.69) is 0 Å². The Hall–Kier alpha value is 0.647. The summed E-state index contributed by atoms with van der Waals surface area (Å²) >= 11 is 0. The molecule has 0 saturated carbocycles. The van der Waals surface area contributed by atoms with E-state index in [-0.39, 0.29) is 29.6 Å². The Balaban J connectivity index is 0. The second-order valence-electron chi connectivity index (χ2n) is 3.19. The van der Waals surface area contributed by atoms with Crippen LogP contribution in [0.25, 0.3) is 0 Å². The molecule has 0 bridgehead atoms. The van der Waals surface area contributed by atoms with E-state index < -0.39 is 20.4 Å². The van der Waals surface area contributed by atoms with Gasteiger partial charge in [0.2, 0.25) is 0 Å². The fourth-order valence-electron chi connectivity index (χ4n) is 0.578. The van der Waals surface area contributed by atoms with Gasteiger partial charge in [-0.25, -0.2) is 0 Å². The van der Waals surface area contributed by atoms with Crippen molar-refractivity contribution in [1.82, 2.24) is 0 Å². The maximum absolute atomic E-state index is 10.2. The van der Waals surface area contributed by atoms with Gasteiger partial charge in [-0.15, -0.1) is 0 Å². The zero-order chi connectivity index (χ0) is 8.36. The molecule has 0 aliphatic carbocycles. The minimum atomic E-state index is -1.70. The monoisotopic (exact) mass is 184 g/mol. The van der Waals surface area contributed by atoms with Crippen LogP contribution in [0.5, 0.6) is 0 Å². The van der Waals surface area contributed by atoms with E-state index in [0.717, 1.165) is 0 Å². The zero-order valence-electron chi connectivity index (χ0n) is 7.80. The van der Waals surface area contributed by atoms with Crippen molar-refractivity contribution in [3.63, 3.8) is 0 Å². The maximum Gasteiger partial charge on any atom is 1.00 e. The fourth-order valence-corrected chi connectivity index (χ4v) is 1.74. The van der Waals surface area contributed by atoms with Crippen molar-refractivity contribution in [3.05, 3.63) is 0 Å². The van der Waals surface area contributed by atoms with Crippen molar-refractivity contribution in [3.8, 4) is 0 Å². The van der Waals surface area contributed by atoms with Crippen molar-refractivity contribution < 1.29 is 43.9 Å². The zero-order valence-corrected chi connectivity index (χ0v) is 10.8. The van der Waals surface area contributed by atoms with E-state index in [1.807, 2.05) is 19.6 Å². The predicted molar refractivity (Wildman–Crippen MR) is 38.9 cm³/mol. The molecule has 0 radical (unpaired) electrons. The standard InChI is InChI=1S/C6H14O3Si.Na/c1-5(6(7)8)9-10(2,3)4;/h5H,1-4H3,(H,7,8);/q;+1/p-1. The van der Waals surface area contributed by atoms with Crippen LogP contribution in [0.4, 0.5) is 0 Å². The number of carbonyl (C=O) groups excluding carboxylic acids is 1. The fraction of sp³-hybridized carbons (Fsp3) is 0.833. The van der Waals surface area contributed by atoms with Gasteiger partial charge in [0.25, 0.3) is 0 Å². The second-order valence-corrected chi connectivity index (χ2v) is 7.65. The third kappa shape index (κ3) is 8.55. The Morgan fingerprint density at radius 3 is 1.91 bits per heavy atom. The molecule has 60 valence electrons. The molecule has 0 aliphatic heterocycles. The average molecular weight is 184 g/mol. The first kappa shape index (κ1) is 14.2. The van der Waals surface area contributed by atoms with Crippen LogP contribution in [0.1, 0.15) is 6.92 Å². The Labute approximate surface area is 90.6 Å². The third-order valence-electron chi connectivity index (χ3n) is 0.862. The summed E-state index contributed by atoms with van der Waals surface area (Å²) in [4.78, 5) is 10.2. The van der Waals surface area contributed by atoms with E-state index in [1.54, 1.807) is 0 Å². The molecule has 3 nitrogen and oxygen atoms in total. The second kappa shape index (κ2) is 5.32. The van der Waals surface area contributed by atoms with Crippen LogP contribution in [0.3, 0.4) is 0 Å². The molecule has 0 aliphatic rings. The number of aliphatic carboxylic acids is 1. The van der Waals surface area contributed by atoms with E-state index in [9.17, 15) is 9.90 Å². The molecule has 1 unspecified atom stereocenters. The van der Waals surface area contributed by atoms with Gasteiger partial charge in [0, 0.05) is 0 Å². The number of carboxylic acid groups (broad SMARTS) is 1. The normalized spacial score (nSPS) is 13.5. The van der Waals surface area contributed by atoms with Gasteiger partial charge in [0.15, 0.2) is 8.32 Å². The Kier molecular flexibility index (Phi) is 6.86. The van der Waals surface area contributed by atoms with Crippen LogP contribution < -0.4 is 34.7 Å². The van der Waals surface area contributed by atoms with Gasteiger partial charge < -0.3 is 14.3 Å². The van der Waals surface area contributed by atoms with Crippen LogP contribution in [0.15, 0.2) is 0 Å². The molecule has 0 rings (SSSR count). The molecule has 0 N–H and O–H groups in total. The molecule has 0 fully saturated rings. The molecular weight excluding hydrogens is 171 g/mol. The van der Waals surface area contributed by atoms with Crippen LogP contribution >= 0.6 is 0 Å². The summed E-state index contributed by atoms with van der Waals surface area (Å²) in [6.07, 6.45) is -0.772. The first-order chi connectivity index (χ1) is 4.33. The SMILES string of the molecule is CC(O[Si](C)(C)C)C(=O)[O-].[Na+]. The van der Waals surface area contributed by atoms with Crippen molar-refractivity contribution in [1.29, 1.82) is 0 Å². The van der Waals surface area contributed by atoms with Gasteiger partial charge in [-0.3, -0.25) is 0 Å². The minimum absolute atomic E-state index is 0. The molecule has 0 heterocycles. The van der Waals surface area contributed by atoms with Gasteiger partial charge in [0.1, 0.15) is 0 Å². The summed E-state index contributed by atoms with van der Waals surface area (Å²) in [5, 5.41) is 10.2. The quantitative estimate of drug-likeness (QED) is 0.439. The smallest absolute Gasteiger partial charge is 0.547 e. The average Bonchev–Trinajstić information content (AvgIpc) is 1.60. The summed E-state index contributed by atoms with van der Waals surface area (Å²) in [5.74, 6) is -1.14.